The van der Waals surface area contributed by atoms with Gasteiger partial charge in [0.2, 0.25) is 0 Å². The molecule has 0 unspecified atom stereocenters. The molecule has 1 saturated carbocycles. The maximum atomic E-state index is 5.85. The van der Waals surface area contributed by atoms with Gasteiger partial charge in [-0.05, 0) is 38.0 Å². The minimum Gasteiger partial charge on any atom is -0.492 e. The van der Waals surface area contributed by atoms with Crippen LogP contribution < -0.4 is 10.5 Å². The molecule has 0 aliphatic heterocycles. The molecule has 1 aromatic carbocycles. The lowest BCUT2D eigenvalue weighted by molar-refractivity contribution is 0.341. The van der Waals surface area contributed by atoms with E-state index in [2.05, 4.69) is 12.1 Å². The Kier molecular flexibility index (Phi) is 3.99. The highest BCUT2D eigenvalue weighted by Crippen LogP contribution is 2.37. The number of nitrogen functional groups attached to an aromatic ring is 1. The molecule has 1 fully saturated rings. The topological polar surface area (TPSA) is 35.2 Å². The largest absolute Gasteiger partial charge is 0.492 e. The fourth-order valence-electron chi connectivity index (χ4n) is 2.07. The zero-order valence-electron chi connectivity index (χ0n) is 9.74. The second kappa shape index (κ2) is 5.48. The molecule has 0 bridgehead atoms. The second-order valence-corrected chi connectivity index (χ2v) is 5.53. The van der Waals surface area contributed by atoms with E-state index in [1.165, 1.54) is 30.6 Å². The molecule has 0 saturated heterocycles. The fraction of sp³-hybridized carbons (Fsp3) is 0.538. The summed E-state index contributed by atoms with van der Waals surface area (Å²) in [6.45, 7) is 2.65. The molecule has 88 valence electrons. The monoisotopic (exact) mass is 237 g/mol. The van der Waals surface area contributed by atoms with E-state index in [1.807, 2.05) is 24.8 Å². The first kappa shape index (κ1) is 11.6. The van der Waals surface area contributed by atoms with Crippen molar-refractivity contribution in [3.8, 4) is 5.75 Å². The molecule has 2 rings (SSSR count). The molecule has 1 aromatic rings. The van der Waals surface area contributed by atoms with Crippen molar-refractivity contribution in [3.63, 3.8) is 0 Å². The number of benzene rings is 1. The van der Waals surface area contributed by atoms with Gasteiger partial charge in [-0.3, -0.25) is 0 Å². The molecule has 0 heterocycles. The first-order valence-corrected chi connectivity index (χ1v) is 6.86. The summed E-state index contributed by atoms with van der Waals surface area (Å²) in [5, 5.41) is 0.790. The molecular weight excluding hydrogens is 218 g/mol. The highest BCUT2D eigenvalue weighted by molar-refractivity contribution is 8.00. The van der Waals surface area contributed by atoms with Gasteiger partial charge in [0.15, 0.2) is 0 Å². The van der Waals surface area contributed by atoms with Crippen LogP contribution in [0, 0.1) is 0 Å². The Hall–Kier alpha value is -0.830. The Morgan fingerprint density at radius 2 is 2.12 bits per heavy atom. The van der Waals surface area contributed by atoms with Crippen molar-refractivity contribution in [3.05, 3.63) is 18.2 Å². The Morgan fingerprint density at radius 1 is 1.38 bits per heavy atom. The minimum atomic E-state index is 0.668. The van der Waals surface area contributed by atoms with Gasteiger partial charge < -0.3 is 10.5 Å². The van der Waals surface area contributed by atoms with Crippen LogP contribution >= 0.6 is 11.8 Å². The average Bonchev–Trinajstić information content (AvgIpc) is 2.76. The molecule has 0 spiro atoms. The number of anilines is 1. The van der Waals surface area contributed by atoms with E-state index in [4.69, 9.17) is 10.5 Å². The third-order valence-electron chi connectivity index (χ3n) is 2.89. The summed E-state index contributed by atoms with van der Waals surface area (Å²) in [5.74, 6) is 0.825. The van der Waals surface area contributed by atoms with Crippen molar-refractivity contribution in [1.82, 2.24) is 0 Å². The summed E-state index contributed by atoms with van der Waals surface area (Å²) < 4.78 is 5.50. The van der Waals surface area contributed by atoms with Crippen LogP contribution in [0.25, 0.3) is 0 Å². The summed E-state index contributed by atoms with van der Waals surface area (Å²) in [5.41, 5.74) is 6.58. The quantitative estimate of drug-likeness (QED) is 0.811. The summed E-state index contributed by atoms with van der Waals surface area (Å²) in [4.78, 5) is 1.28. The highest BCUT2D eigenvalue weighted by atomic mass is 32.2. The predicted molar refractivity (Wildman–Crippen MR) is 70.1 cm³/mol. The number of thioether (sulfide) groups is 1. The Labute approximate surface area is 102 Å². The average molecular weight is 237 g/mol. The molecule has 1 aliphatic rings. The summed E-state index contributed by atoms with van der Waals surface area (Å²) >= 11 is 1.96. The SMILES string of the molecule is CCOc1cc(SC2CCCC2)ccc1N. The van der Waals surface area contributed by atoms with Crippen LogP contribution in [0.4, 0.5) is 5.69 Å². The lowest BCUT2D eigenvalue weighted by Crippen LogP contribution is -1.98. The van der Waals surface area contributed by atoms with Crippen LogP contribution in [-0.4, -0.2) is 11.9 Å². The number of ether oxygens (including phenoxy) is 1. The van der Waals surface area contributed by atoms with Crippen LogP contribution in [0.1, 0.15) is 32.6 Å². The maximum absolute atomic E-state index is 5.85. The molecule has 0 radical (unpaired) electrons. The lowest BCUT2D eigenvalue weighted by Gasteiger charge is -2.12. The van der Waals surface area contributed by atoms with Crippen LogP contribution in [-0.2, 0) is 0 Å². The smallest absolute Gasteiger partial charge is 0.143 e. The zero-order chi connectivity index (χ0) is 11.4. The van der Waals surface area contributed by atoms with Gasteiger partial charge in [0.1, 0.15) is 5.75 Å². The summed E-state index contributed by atoms with van der Waals surface area (Å²) in [6, 6.07) is 6.12. The van der Waals surface area contributed by atoms with Crippen LogP contribution in [0.5, 0.6) is 5.75 Å². The van der Waals surface area contributed by atoms with Gasteiger partial charge in [-0.25, -0.2) is 0 Å². The molecule has 0 aromatic heterocycles. The maximum Gasteiger partial charge on any atom is 0.143 e. The van der Waals surface area contributed by atoms with Crippen LogP contribution in [0.3, 0.4) is 0 Å². The molecule has 0 amide bonds. The molecule has 2 nitrogen and oxygen atoms in total. The molecular formula is C13H19NOS. The first-order valence-electron chi connectivity index (χ1n) is 5.98. The van der Waals surface area contributed by atoms with Gasteiger partial charge in [-0.15, -0.1) is 11.8 Å². The highest BCUT2D eigenvalue weighted by Gasteiger charge is 2.16. The van der Waals surface area contributed by atoms with Gasteiger partial charge in [0, 0.05) is 10.1 Å². The third kappa shape index (κ3) is 2.85. The molecule has 3 heteroatoms. The molecule has 0 atom stereocenters. The van der Waals surface area contributed by atoms with Crippen LogP contribution in [0.2, 0.25) is 0 Å². The zero-order valence-corrected chi connectivity index (χ0v) is 10.6. The van der Waals surface area contributed by atoms with Gasteiger partial charge in [0.05, 0.1) is 12.3 Å². The Balaban J connectivity index is 2.05. The third-order valence-corrected chi connectivity index (χ3v) is 4.22. The van der Waals surface area contributed by atoms with Gasteiger partial charge >= 0.3 is 0 Å². The summed E-state index contributed by atoms with van der Waals surface area (Å²) in [6.07, 6.45) is 5.45. The van der Waals surface area contributed by atoms with Gasteiger partial charge in [0.25, 0.3) is 0 Å². The van der Waals surface area contributed by atoms with E-state index in [1.54, 1.807) is 0 Å². The van der Waals surface area contributed by atoms with E-state index in [9.17, 15) is 0 Å². The molecule has 16 heavy (non-hydrogen) atoms. The van der Waals surface area contributed by atoms with E-state index in [0.29, 0.717) is 6.61 Å². The van der Waals surface area contributed by atoms with Crippen molar-refractivity contribution in [1.29, 1.82) is 0 Å². The molecule has 2 N–H and O–H groups in total. The Bertz CT molecular complexity index is 348. The second-order valence-electron chi connectivity index (χ2n) is 4.16. The van der Waals surface area contributed by atoms with E-state index >= 15 is 0 Å². The van der Waals surface area contributed by atoms with Crippen molar-refractivity contribution < 1.29 is 4.74 Å². The van der Waals surface area contributed by atoms with E-state index in [-0.39, 0.29) is 0 Å². The van der Waals surface area contributed by atoms with Crippen molar-refractivity contribution in [2.45, 2.75) is 42.8 Å². The first-order chi connectivity index (χ1) is 7.79. The van der Waals surface area contributed by atoms with E-state index < -0.39 is 0 Å². The van der Waals surface area contributed by atoms with Gasteiger partial charge in [-0.2, -0.15) is 0 Å². The van der Waals surface area contributed by atoms with Crippen molar-refractivity contribution >= 4 is 17.4 Å². The number of nitrogens with two attached hydrogens (primary N) is 1. The fourth-order valence-corrected chi connectivity index (χ4v) is 3.34. The Morgan fingerprint density at radius 3 is 2.81 bits per heavy atom. The number of hydrogen-bond acceptors (Lipinski definition) is 3. The predicted octanol–water partition coefficient (Wildman–Crippen LogP) is 3.70. The van der Waals surface area contributed by atoms with Crippen molar-refractivity contribution in [2.24, 2.45) is 0 Å². The molecule has 1 aliphatic carbocycles. The van der Waals surface area contributed by atoms with Crippen molar-refractivity contribution in [2.75, 3.05) is 12.3 Å². The van der Waals surface area contributed by atoms with Crippen LogP contribution in [0.15, 0.2) is 23.1 Å². The lowest BCUT2D eigenvalue weighted by atomic mass is 10.3. The normalized spacial score (nSPS) is 16.6. The van der Waals surface area contributed by atoms with Gasteiger partial charge in [-0.1, -0.05) is 12.8 Å². The summed E-state index contributed by atoms with van der Waals surface area (Å²) in [7, 11) is 0. The minimum absolute atomic E-state index is 0.668. The number of rotatable bonds is 4. The van der Waals surface area contributed by atoms with E-state index in [0.717, 1.165) is 16.7 Å². The number of hydrogen-bond donors (Lipinski definition) is 1. The standard InChI is InChI=1S/C13H19NOS/c1-2-15-13-9-11(7-8-12(13)14)16-10-5-3-4-6-10/h7-10H,2-6,14H2,1H3.